The van der Waals surface area contributed by atoms with E-state index in [4.69, 9.17) is 0 Å². The summed E-state index contributed by atoms with van der Waals surface area (Å²) in [6.45, 7) is 2.84. The van der Waals surface area contributed by atoms with Gasteiger partial charge in [-0.25, -0.2) is 9.59 Å². The Labute approximate surface area is 148 Å². The molecule has 0 aliphatic heterocycles. The Morgan fingerprint density at radius 1 is 1.00 bits per heavy atom. The van der Waals surface area contributed by atoms with Crippen LogP contribution in [0.15, 0.2) is 60.7 Å². The van der Waals surface area contributed by atoms with Gasteiger partial charge in [-0.1, -0.05) is 60.7 Å². The van der Waals surface area contributed by atoms with Crippen molar-refractivity contribution in [3.8, 4) is 0 Å². The summed E-state index contributed by atoms with van der Waals surface area (Å²) in [5.74, 6) is -1.01. The van der Waals surface area contributed by atoms with E-state index in [1.807, 2.05) is 67.6 Å². The molecule has 0 spiro atoms. The molecule has 0 radical (unpaired) electrons. The predicted octanol–water partition coefficient (Wildman–Crippen LogP) is 3.30. The van der Waals surface area contributed by atoms with E-state index >= 15 is 0 Å². The van der Waals surface area contributed by atoms with Gasteiger partial charge in [-0.3, -0.25) is 0 Å². The molecule has 0 aliphatic carbocycles. The van der Waals surface area contributed by atoms with Crippen LogP contribution in [0.1, 0.15) is 24.5 Å². The van der Waals surface area contributed by atoms with Crippen LogP contribution in [-0.4, -0.2) is 34.6 Å². The van der Waals surface area contributed by atoms with Crippen molar-refractivity contribution in [1.82, 2.24) is 10.2 Å². The number of rotatable bonds is 8. The zero-order chi connectivity index (χ0) is 18.1. The van der Waals surface area contributed by atoms with Gasteiger partial charge in [-0.2, -0.15) is 0 Å². The number of carboxylic acids is 1. The maximum absolute atomic E-state index is 12.5. The van der Waals surface area contributed by atoms with Gasteiger partial charge in [-0.05, 0) is 30.9 Å². The van der Waals surface area contributed by atoms with Gasteiger partial charge in [-0.15, -0.1) is 0 Å². The monoisotopic (exact) mass is 340 g/mol. The first-order chi connectivity index (χ1) is 12.1. The number of nitrogens with one attached hydrogen (secondary N) is 1. The van der Waals surface area contributed by atoms with Crippen molar-refractivity contribution in [1.29, 1.82) is 0 Å². The van der Waals surface area contributed by atoms with Gasteiger partial charge in [0.1, 0.15) is 6.04 Å². The first-order valence-electron chi connectivity index (χ1n) is 8.46. The van der Waals surface area contributed by atoms with Crippen LogP contribution in [-0.2, 0) is 17.8 Å². The van der Waals surface area contributed by atoms with Crippen LogP contribution in [0, 0.1) is 0 Å². The van der Waals surface area contributed by atoms with Gasteiger partial charge in [0.2, 0.25) is 0 Å². The number of hydrogen-bond donors (Lipinski definition) is 2. The van der Waals surface area contributed by atoms with Gasteiger partial charge in [0.25, 0.3) is 0 Å². The van der Waals surface area contributed by atoms with E-state index in [0.29, 0.717) is 25.9 Å². The van der Waals surface area contributed by atoms with Crippen molar-refractivity contribution in [3.63, 3.8) is 0 Å². The minimum absolute atomic E-state index is 0.355. The number of urea groups is 1. The first-order valence-corrected chi connectivity index (χ1v) is 8.46. The molecule has 0 unspecified atom stereocenters. The molecular formula is C20H24N2O3. The van der Waals surface area contributed by atoms with E-state index in [2.05, 4.69) is 5.32 Å². The molecule has 0 bridgehead atoms. The molecule has 0 saturated heterocycles. The second-order valence-corrected chi connectivity index (χ2v) is 5.86. The maximum Gasteiger partial charge on any atom is 0.326 e. The summed E-state index contributed by atoms with van der Waals surface area (Å²) in [5.41, 5.74) is 2.07. The number of carboxylic acid groups (broad SMARTS) is 1. The summed E-state index contributed by atoms with van der Waals surface area (Å²) in [7, 11) is 0. The van der Waals surface area contributed by atoms with Gasteiger partial charge < -0.3 is 15.3 Å². The molecule has 1 atom stereocenters. The van der Waals surface area contributed by atoms with Crippen molar-refractivity contribution < 1.29 is 14.7 Å². The smallest absolute Gasteiger partial charge is 0.326 e. The number of aliphatic carboxylic acids is 1. The molecule has 2 amide bonds. The number of nitrogens with zero attached hydrogens (tertiary/aromatic N) is 1. The molecule has 2 aromatic rings. The lowest BCUT2D eigenvalue weighted by atomic mass is 10.1. The molecule has 5 heteroatoms. The number of carbonyl (C=O) groups excluding carboxylic acids is 1. The first kappa shape index (κ1) is 18.5. The summed E-state index contributed by atoms with van der Waals surface area (Å²) in [4.78, 5) is 25.6. The number of benzene rings is 2. The van der Waals surface area contributed by atoms with Crippen molar-refractivity contribution in [2.75, 3.05) is 6.54 Å². The zero-order valence-electron chi connectivity index (χ0n) is 14.4. The molecule has 5 nitrogen and oxygen atoms in total. The highest BCUT2D eigenvalue weighted by atomic mass is 16.4. The largest absolute Gasteiger partial charge is 0.480 e. The third-order valence-electron chi connectivity index (χ3n) is 4.05. The number of hydrogen-bond acceptors (Lipinski definition) is 2. The Balaban J connectivity index is 1.94. The molecule has 0 aliphatic rings. The van der Waals surface area contributed by atoms with Crippen LogP contribution >= 0.6 is 0 Å². The average Bonchev–Trinajstić information content (AvgIpc) is 2.64. The van der Waals surface area contributed by atoms with Crippen molar-refractivity contribution in [3.05, 3.63) is 71.8 Å². The number of aryl methyl sites for hydroxylation is 1. The van der Waals surface area contributed by atoms with Gasteiger partial charge in [0.05, 0.1) is 0 Å². The summed E-state index contributed by atoms with van der Waals surface area (Å²) in [6, 6.07) is 18.0. The molecule has 0 fully saturated rings. The fraction of sp³-hybridized carbons (Fsp3) is 0.300. The van der Waals surface area contributed by atoms with E-state index in [0.717, 1.165) is 11.1 Å². The molecule has 2 N–H and O–H groups in total. The van der Waals surface area contributed by atoms with Crippen molar-refractivity contribution >= 4 is 12.0 Å². The van der Waals surface area contributed by atoms with Crippen LogP contribution in [0.25, 0.3) is 0 Å². The third kappa shape index (κ3) is 5.95. The Morgan fingerprint density at radius 2 is 1.56 bits per heavy atom. The SMILES string of the molecule is CCN(Cc1ccccc1)C(=O)N[C@@H](CCc1ccccc1)C(=O)O. The Bertz CT molecular complexity index is 674. The molecule has 2 aromatic carbocycles. The lowest BCUT2D eigenvalue weighted by Gasteiger charge is -2.24. The Kier molecular flexibility index (Phi) is 7.01. The van der Waals surface area contributed by atoms with E-state index in [1.54, 1.807) is 4.90 Å². The van der Waals surface area contributed by atoms with E-state index < -0.39 is 12.0 Å². The van der Waals surface area contributed by atoms with Crippen LogP contribution in [0.2, 0.25) is 0 Å². The minimum Gasteiger partial charge on any atom is -0.480 e. The van der Waals surface area contributed by atoms with Gasteiger partial charge >= 0.3 is 12.0 Å². The maximum atomic E-state index is 12.5. The fourth-order valence-electron chi connectivity index (χ4n) is 2.58. The predicted molar refractivity (Wildman–Crippen MR) is 97.2 cm³/mol. The van der Waals surface area contributed by atoms with E-state index in [-0.39, 0.29) is 6.03 Å². The molecule has 0 heterocycles. The minimum atomic E-state index is -1.01. The van der Waals surface area contributed by atoms with Crippen molar-refractivity contribution in [2.45, 2.75) is 32.4 Å². The molecule has 25 heavy (non-hydrogen) atoms. The summed E-state index contributed by atoms with van der Waals surface area (Å²) >= 11 is 0. The average molecular weight is 340 g/mol. The third-order valence-corrected chi connectivity index (χ3v) is 4.05. The Morgan fingerprint density at radius 3 is 2.08 bits per heavy atom. The highest BCUT2D eigenvalue weighted by Gasteiger charge is 2.22. The number of amides is 2. The Hall–Kier alpha value is -2.82. The lowest BCUT2D eigenvalue weighted by molar-refractivity contribution is -0.139. The highest BCUT2D eigenvalue weighted by molar-refractivity contribution is 5.82. The van der Waals surface area contributed by atoms with Crippen LogP contribution < -0.4 is 5.32 Å². The van der Waals surface area contributed by atoms with E-state index in [9.17, 15) is 14.7 Å². The molecule has 132 valence electrons. The summed E-state index contributed by atoms with van der Waals surface area (Å²) in [6.07, 6.45) is 0.955. The van der Waals surface area contributed by atoms with Gasteiger partial charge in [0.15, 0.2) is 0 Å². The molecule has 0 aromatic heterocycles. The molecule has 2 rings (SSSR count). The molecular weight excluding hydrogens is 316 g/mol. The summed E-state index contributed by atoms with van der Waals surface area (Å²) < 4.78 is 0. The van der Waals surface area contributed by atoms with Crippen molar-refractivity contribution in [2.24, 2.45) is 0 Å². The highest BCUT2D eigenvalue weighted by Crippen LogP contribution is 2.08. The fourth-order valence-corrected chi connectivity index (χ4v) is 2.58. The topological polar surface area (TPSA) is 69.6 Å². The molecule has 0 saturated carbocycles. The van der Waals surface area contributed by atoms with Crippen LogP contribution in [0.4, 0.5) is 4.79 Å². The second-order valence-electron chi connectivity index (χ2n) is 5.86. The van der Waals surface area contributed by atoms with Crippen LogP contribution in [0.3, 0.4) is 0 Å². The quantitative estimate of drug-likeness (QED) is 0.774. The normalized spacial score (nSPS) is 11.6. The van der Waals surface area contributed by atoms with Gasteiger partial charge in [0, 0.05) is 13.1 Å². The number of carbonyl (C=O) groups is 2. The summed E-state index contributed by atoms with van der Waals surface area (Å²) in [5, 5.41) is 12.1. The van der Waals surface area contributed by atoms with Crippen LogP contribution in [0.5, 0.6) is 0 Å². The standard InChI is InChI=1S/C20H24N2O3/c1-2-22(15-17-11-7-4-8-12-17)20(25)21-18(19(23)24)14-13-16-9-5-3-6-10-16/h3-12,18H,2,13-15H2,1H3,(H,21,25)(H,23,24)/t18-/m0/s1. The second kappa shape index (κ2) is 9.47. The lowest BCUT2D eigenvalue weighted by Crippen LogP contribution is -2.47. The zero-order valence-corrected chi connectivity index (χ0v) is 14.4. The van der Waals surface area contributed by atoms with E-state index in [1.165, 1.54) is 0 Å².